The van der Waals surface area contributed by atoms with Crippen LogP contribution in [0.25, 0.3) is 5.69 Å². The van der Waals surface area contributed by atoms with Crippen LogP contribution in [0.15, 0.2) is 48.5 Å². The topological polar surface area (TPSA) is 117 Å². The minimum Gasteiger partial charge on any atom is -0.497 e. The highest BCUT2D eigenvalue weighted by Crippen LogP contribution is 2.31. The molecule has 0 atom stereocenters. The quantitative estimate of drug-likeness (QED) is 0.444. The fourth-order valence-electron chi connectivity index (χ4n) is 4.95. The van der Waals surface area contributed by atoms with Crippen LogP contribution >= 0.6 is 0 Å². The van der Waals surface area contributed by atoms with Gasteiger partial charge in [0.05, 0.1) is 12.8 Å². The van der Waals surface area contributed by atoms with Crippen LogP contribution in [0.4, 0.5) is 11.4 Å². The summed E-state index contributed by atoms with van der Waals surface area (Å²) in [6.45, 7) is 1.37. The van der Waals surface area contributed by atoms with E-state index in [2.05, 4.69) is 10.4 Å². The second kappa shape index (κ2) is 11.1. The first-order valence-electron chi connectivity index (χ1n) is 12.9. The molecule has 198 valence electrons. The van der Waals surface area contributed by atoms with E-state index < -0.39 is 0 Å². The Kier molecular flexibility index (Phi) is 7.41. The van der Waals surface area contributed by atoms with Crippen molar-refractivity contribution in [1.82, 2.24) is 15.1 Å². The maximum atomic E-state index is 13.9. The van der Waals surface area contributed by atoms with Crippen LogP contribution in [0.3, 0.4) is 0 Å². The van der Waals surface area contributed by atoms with E-state index in [1.165, 1.54) is 4.68 Å². The van der Waals surface area contributed by atoms with Crippen LogP contribution in [-0.2, 0) is 11.2 Å². The average molecular weight is 518 g/mol. The van der Waals surface area contributed by atoms with Crippen molar-refractivity contribution >= 4 is 29.1 Å². The molecule has 1 aromatic heterocycles. The Bertz CT molecular complexity index is 1330. The van der Waals surface area contributed by atoms with Gasteiger partial charge in [0, 0.05) is 49.6 Å². The van der Waals surface area contributed by atoms with Gasteiger partial charge in [-0.1, -0.05) is 0 Å². The summed E-state index contributed by atoms with van der Waals surface area (Å²) < 4.78 is 6.78. The van der Waals surface area contributed by atoms with Crippen LogP contribution in [0.2, 0.25) is 0 Å². The third-order valence-electron chi connectivity index (χ3n) is 6.97. The number of anilines is 2. The van der Waals surface area contributed by atoms with Gasteiger partial charge < -0.3 is 25.0 Å². The van der Waals surface area contributed by atoms with Crippen LogP contribution in [-0.4, -0.2) is 66.0 Å². The molecule has 3 amide bonds. The number of ether oxygens (including phenoxy) is 1. The molecule has 2 aromatic carbocycles. The lowest BCUT2D eigenvalue weighted by Gasteiger charge is -2.29. The van der Waals surface area contributed by atoms with E-state index in [0.29, 0.717) is 67.3 Å². The summed E-state index contributed by atoms with van der Waals surface area (Å²) >= 11 is 0. The highest BCUT2D eigenvalue weighted by molar-refractivity contribution is 6.09. The lowest BCUT2D eigenvalue weighted by atomic mass is 10.0. The predicted molar refractivity (Wildman–Crippen MR) is 142 cm³/mol. The molecule has 5 rings (SSSR count). The van der Waals surface area contributed by atoms with Crippen molar-refractivity contribution in [2.75, 3.05) is 43.2 Å². The number of aliphatic hydroxyl groups excluding tert-OH is 1. The van der Waals surface area contributed by atoms with Gasteiger partial charge in [-0.15, -0.1) is 0 Å². The molecule has 1 saturated heterocycles. The summed E-state index contributed by atoms with van der Waals surface area (Å²) in [4.78, 5) is 42.6. The normalized spacial score (nSPS) is 15.4. The molecular weight excluding hydrogens is 486 g/mol. The molecule has 3 heterocycles. The second-order valence-electron chi connectivity index (χ2n) is 9.34. The molecule has 0 spiro atoms. The molecule has 38 heavy (non-hydrogen) atoms. The van der Waals surface area contributed by atoms with Crippen molar-refractivity contribution < 1.29 is 24.2 Å². The van der Waals surface area contributed by atoms with Crippen LogP contribution in [0.1, 0.15) is 52.2 Å². The summed E-state index contributed by atoms with van der Waals surface area (Å²) in [6.07, 6.45) is 3.33. The van der Waals surface area contributed by atoms with Crippen molar-refractivity contribution in [3.8, 4) is 11.4 Å². The number of benzene rings is 2. The summed E-state index contributed by atoms with van der Waals surface area (Å²) in [5.41, 5.74) is 3.31. The Hall–Kier alpha value is -4.18. The summed E-state index contributed by atoms with van der Waals surface area (Å²) in [5.74, 6) is 0.150. The maximum Gasteiger partial charge on any atom is 0.277 e. The molecular formula is C28H31N5O5. The Morgan fingerprint density at radius 1 is 0.947 bits per heavy atom. The van der Waals surface area contributed by atoms with Gasteiger partial charge in [-0.05, 0) is 74.2 Å². The first kappa shape index (κ1) is 25.5. The highest BCUT2D eigenvalue weighted by atomic mass is 16.5. The second-order valence-corrected chi connectivity index (χ2v) is 9.34. The molecule has 10 nitrogen and oxygen atoms in total. The Morgan fingerprint density at radius 2 is 1.63 bits per heavy atom. The van der Waals surface area contributed by atoms with E-state index in [9.17, 15) is 14.4 Å². The summed E-state index contributed by atoms with van der Waals surface area (Å²) in [6, 6.07) is 14.6. The van der Waals surface area contributed by atoms with Gasteiger partial charge in [0.15, 0.2) is 5.69 Å². The Balaban J connectivity index is 1.48. The number of nitrogens with one attached hydrogen (secondary N) is 1. The fourth-order valence-corrected chi connectivity index (χ4v) is 4.95. The Labute approximate surface area is 220 Å². The molecule has 10 heteroatoms. The van der Waals surface area contributed by atoms with Gasteiger partial charge in [0.25, 0.3) is 11.8 Å². The molecule has 2 aliphatic heterocycles. The number of rotatable bonds is 8. The number of aliphatic hydroxyl groups is 1. The molecule has 0 aliphatic carbocycles. The molecule has 0 saturated carbocycles. The largest absolute Gasteiger partial charge is 0.497 e. The molecule has 1 fully saturated rings. The van der Waals surface area contributed by atoms with Gasteiger partial charge in [-0.3, -0.25) is 14.4 Å². The van der Waals surface area contributed by atoms with Gasteiger partial charge in [-0.25, -0.2) is 4.68 Å². The fraction of sp³-hybridized carbons (Fsp3) is 0.357. The number of hydrogen-bond acceptors (Lipinski definition) is 6. The van der Waals surface area contributed by atoms with E-state index in [-0.39, 0.29) is 30.0 Å². The van der Waals surface area contributed by atoms with Crippen molar-refractivity contribution in [2.24, 2.45) is 0 Å². The molecule has 3 aromatic rings. The Morgan fingerprint density at radius 3 is 2.29 bits per heavy atom. The molecule has 0 unspecified atom stereocenters. The predicted octanol–water partition coefficient (Wildman–Crippen LogP) is 2.71. The van der Waals surface area contributed by atoms with E-state index in [1.807, 2.05) is 24.3 Å². The number of nitrogens with zero attached hydrogens (tertiary/aromatic N) is 4. The lowest BCUT2D eigenvalue weighted by molar-refractivity contribution is -0.119. The van der Waals surface area contributed by atoms with Gasteiger partial charge in [0.1, 0.15) is 11.4 Å². The number of carbonyl (C=O) groups is 3. The number of hydrogen-bond donors (Lipinski definition) is 2. The number of amides is 3. The van der Waals surface area contributed by atoms with Gasteiger partial charge in [-0.2, -0.15) is 5.10 Å². The first-order chi connectivity index (χ1) is 18.5. The molecule has 0 bridgehead atoms. The van der Waals surface area contributed by atoms with Crippen LogP contribution < -0.4 is 19.9 Å². The standard InChI is InChI=1S/C28H31N5O5/c1-38-22-12-10-21(11-13-22)33-26-23(25(30-33)27(36)29-15-4-18-34)14-17-32(28(26)37)20-8-6-19(7-9-20)31-16-3-2-5-24(31)35/h6-13,34H,2-5,14-18H2,1H3,(H,29,36). The average Bonchev–Trinajstić information content (AvgIpc) is 3.35. The minimum atomic E-state index is -0.376. The summed E-state index contributed by atoms with van der Waals surface area (Å²) in [7, 11) is 1.58. The van der Waals surface area contributed by atoms with E-state index >= 15 is 0 Å². The minimum absolute atomic E-state index is 0.0309. The van der Waals surface area contributed by atoms with Gasteiger partial charge in [0.2, 0.25) is 5.91 Å². The van der Waals surface area contributed by atoms with Crippen LogP contribution in [0, 0.1) is 0 Å². The van der Waals surface area contributed by atoms with Crippen molar-refractivity contribution in [3.05, 3.63) is 65.5 Å². The van der Waals surface area contributed by atoms with Crippen molar-refractivity contribution in [2.45, 2.75) is 32.1 Å². The lowest BCUT2D eigenvalue weighted by Crippen LogP contribution is -2.39. The van der Waals surface area contributed by atoms with Crippen molar-refractivity contribution in [1.29, 1.82) is 0 Å². The molecule has 2 N–H and O–H groups in total. The first-order valence-corrected chi connectivity index (χ1v) is 12.9. The zero-order chi connectivity index (χ0) is 26.6. The maximum absolute atomic E-state index is 13.9. The highest BCUT2D eigenvalue weighted by Gasteiger charge is 2.35. The number of piperidine rings is 1. The van der Waals surface area contributed by atoms with E-state index in [1.54, 1.807) is 41.2 Å². The van der Waals surface area contributed by atoms with E-state index in [0.717, 1.165) is 18.5 Å². The molecule has 2 aliphatic rings. The number of carbonyl (C=O) groups excluding carboxylic acids is 3. The third-order valence-corrected chi connectivity index (χ3v) is 6.97. The van der Waals surface area contributed by atoms with Gasteiger partial charge >= 0.3 is 0 Å². The van der Waals surface area contributed by atoms with E-state index in [4.69, 9.17) is 9.84 Å². The zero-order valence-corrected chi connectivity index (χ0v) is 21.4. The van der Waals surface area contributed by atoms with Crippen molar-refractivity contribution in [3.63, 3.8) is 0 Å². The summed E-state index contributed by atoms with van der Waals surface area (Å²) in [5, 5.41) is 16.4. The monoisotopic (exact) mass is 517 g/mol. The number of aromatic nitrogens is 2. The molecule has 0 radical (unpaired) electrons. The smallest absolute Gasteiger partial charge is 0.277 e. The third kappa shape index (κ3) is 4.87. The number of methoxy groups -OCH3 is 1. The number of fused-ring (bicyclic) bond motifs is 1. The SMILES string of the molecule is COc1ccc(-n2nc(C(=O)NCCCO)c3c2C(=O)N(c2ccc(N4CCCCC4=O)cc2)CC3)cc1. The zero-order valence-electron chi connectivity index (χ0n) is 21.4. The van der Waals surface area contributed by atoms with Crippen LogP contribution in [0.5, 0.6) is 5.75 Å².